The molecule has 10 heteroatoms. The standard InChI is InChI=1S/C27H26N4O6/c1-15(26(34)30-11-18(12-30)36-4)28-25(33)16(2)31-13-21-19(6-5-7-20(21)27(31)35)17-8-9-23-22(10-17)29(3)24(32)14-37-23/h5-10,18H,1-2,11-14H2,3-4H3,(H,28,33). The minimum atomic E-state index is -0.684. The highest BCUT2D eigenvalue weighted by molar-refractivity contribution is 6.08. The minimum absolute atomic E-state index is 0.0130. The number of rotatable bonds is 6. The number of ether oxygens (including phenoxy) is 2. The lowest BCUT2D eigenvalue weighted by Crippen LogP contribution is -2.56. The summed E-state index contributed by atoms with van der Waals surface area (Å²) in [6, 6.07) is 10.9. The molecule has 1 saturated heterocycles. The van der Waals surface area contributed by atoms with Crippen molar-refractivity contribution in [3.8, 4) is 16.9 Å². The molecule has 0 aliphatic carbocycles. The van der Waals surface area contributed by atoms with E-state index < -0.39 is 11.8 Å². The topological polar surface area (TPSA) is 108 Å². The van der Waals surface area contributed by atoms with E-state index >= 15 is 0 Å². The average Bonchev–Trinajstić information content (AvgIpc) is 3.21. The normalized spacial score (nSPS) is 16.5. The van der Waals surface area contributed by atoms with Gasteiger partial charge in [0, 0.05) is 32.8 Å². The molecule has 0 spiro atoms. The van der Waals surface area contributed by atoms with E-state index in [4.69, 9.17) is 9.47 Å². The first-order valence-electron chi connectivity index (χ1n) is 11.7. The van der Waals surface area contributed by atoms with Crippen LogP contribution >= 0.6 is 0 Å². The number of amides is 4. The Kier molecular flexibility index (Phi) is 6.04. The maximum Gasteiger partial charge on any atom is 0.271 e. The molecule has 0 unspecified atom stereocenters. The van der Waals surface area contributed by atoms with E-state index in [2.05, 4.69) is 18.5 Å². The number of hydrogen-bond acceptors (Lipinski definition) is 6. The van der Waals surface area contributed by atoms with Crippen LogP contribution in [0, 0.1) is 0 Å². The molecule has 4 amide bonds. The Morgan fingerprint density at radius 1 is 1.11 bits per heavy atom. The van der Waals surface area contributed by atoms with Crippen LogP contribution in [-0.4, -0.2) is 73.4 Å². The van der Waals surface area contributed by atoms with Gasteiger partial charge in [-0.15, -0.1) is 0 Å². The van der Waals surface area contributed by atoms with Crippen molar-refractivity contribution >= 4 is 29.3 Å². The number of methoxy groups -OCH3 is 1. The predicted molar refractivity (Wildman–Crippen MR) is 134 cm³/mol. The number of fused-ring (bicyclic) bond motifs is 2. The highest BCUT2D eigenvalue weighted by atomic mass is 16.5. The van der Waals surface area contributed by atoms with Gasteiger partial charge in [-0.3, -0.25) is 24.1 Å². The molecule has 0 bridgehead atoms. The van der Waals surface area contributed by atoms with E-state index in [0.717, 1.165) is 16.7 Å². The second-order valence-electron chi connectivity index (χ2n) is 9.09. The van der Waals surface area contributed by atoms with Crippen LogP contribution < -0.4 is 15.0 Å². The maximum atomic E-state index is 13.2. The molecule has 37 heavy (non-hydrogen) atoms. The largest absolute Gasteiger partial charge is 0.482 e. The molecule has 10 nitrogen and oxygen atoms in total. The van der Waals surface area contributed by atoms with Crippen LogP contribution in [0.2, 0.25) is 0 Å². The van der Waals surface area contributed by atoms with Crippen molar-refractivity contribution in [2.45, 2.75) is 12.6 Å². The molecule has 0 saturated carbocycles. The predicted octanol–water partition coefficient (Wildman–Crippen LogP) is 1.67. The number of nitrogens with zero attached hydrogens (tertiary/aromatic N) is 3. The summed E-state index contributed by atoms with van der Waals surface area (Å²) in [4.78, 5) is 55.0. The van der Waals surface area contributed by atoms with E-state index in [1.807, 2.05) is 18.2 Å². The lowest BCUT2D eigenvalue weighted by molar-refractivity contribution is -0.139. The summed E-state index contributed by atoms with van der Waals surface area (Å²) in [5.74, 6) is -1.01. The summed E-state index contributed by atoms with van der Waals surface area (Å²) in [6.45, 7) is 8.44. The van der Waals surface area contributed by atoms with E-state index in [1.54, 1.807) is 37.3 Å². The van der Waals surface area contributed by atoms with Gasteiger partial charge in [-0.05, 0) is 34.9 Å². The molecule has 2 aromatic carbocycles. The van der Waals surface area contributed by atoms with Crippen molar-refractivity contribution in [1.82, 2.24) is 15.1 Å². The smallest absolute Gasteiger partial charge is 0.271 e. The summed E-state index contributed by atoms with van der Waals surface area (Å²) in [7, 11) is 3.26. The van der Waals surface area contributed by atoms with Crippen LogP contribution in [0.25, 0.3) is 11.1 Å². The van der Waals surface area contributed by atoms with Crippen LogP contribution in [0.15, 0.2) is 61.0 Å². The van der Waals surface area contributed by atoms with Gasteiger partial charge >= 0.3 is 0 Å². The third kappa shape index (κ3) is 4.15. The van der Waals surface area contributed by atoms with Crippen LogP contribution in [0.3, 0.4) is 0 Å². The molecule has 1 fully saturated rings. The number of nitrogens with one attached hydrogen (secondary N) is 1. The first-order chi connectivity index (χ1) is 17.7. The van der Waals surface area contributed by atoms with Gasteiger partial charge in [0.25, 0.3) is 23.6 Å². The molecule has 3 aliphatic heterocycles. The van der Waals surface area contributed by atoms with Gasteiger partial charge in [-0.25, -0.2) is 0 Å². The zero-order valence-corrected chi connectivity index (χ0v) is 20.6. The third-order valence-electron chi connectivity index (χ3n) is 6.90. The summed E-state index contributed by atoms with van der Waals surface area (Å²) in [6.07, 6.45) is -0.0270. The van der Waals surface area contributed by atoms with Crippen molar-refractivity contribution in [3.63, 3.8) is 0 Å². The van der Waals surface area contributed by atoms with E-state index in [1.165, 1.54) is 9.80 Å². The molecule has 2 aromatic rings. The first-order valence-corrected chi connectivity index (χ1v) is 11.7. The molecule has 3 aliphatic rings. The van der Waals surface area contributed by atoms with Gasteiger partial charge in [0.1, 0.15) is 11.4 Å². The second-order valence-corrected chi connectivity index (χ2v) is 9.09. The van der Waals surface area contributed by atoms with Crippen LogP contribution in [0.1, 0.15) is 15.9 Å². The zero-order chi connectivity index (χ0) is 26.4. The molecule has 190 valence electrons. The Morgan fingerprint density at radius 3 is 2.57 bits per heavy atom. The SMILES string of the molecule is C=C(NC(=O)C(=C)N1Cc2c(cccc2-c2ccc3c(c2)N(C)C(=O)CO3)C1=O)C(=O)N1CC(OC)C1. The molecule has 3 heterocycles. The quantitative estimate of drug-likeness (QED) is 0.602. The monoisotopic (exact) mass is 502 g/mol. The third-order valence-corrected chi connectivity index (χ3v) is 6.90. The number of hydrogen-bond donors (Lipinski definition) is 1. The number of carbonyl (C=O) groups excluding carboxylic acids is 4. The van der Waals surface area contributed by atoms with Crippen molar-refractivity contribution in [2.75, 3.05) is 38.8 Å². The molecule has 1 N–H and O–H groups in total. The van der Waals surface area contributed by atoms with Crippen molar-refractivity contribution in [3.05, 3.63) is 72.1 Å². The average molecular weight is 503 g/mol. The lowest BCUT2D eigenvalue weighted by Gasteiger charge is -2.38. The van der Waals surface area contributed by atoms with Crippen LogP contribution in [-0.2, 0) is 25.7 Å². The zero-order valence-electron chi connectivity index (χ0n) is 20.6. The fraction of sp³-hybridized carbons (Fsp3) is 0.259. The van der Waals surface area contributed by atoms with Gasteiger partial charge in [0.2, 0.25) is 0 Å². The van der Waals surface area contributed by atoms with Gasteiger partial charge in [-0.2, -0.15) is 0 Å². The molecule has 0 aromatic heterocycles. The molecule has 5 rings (SSSR count). The highest BCUT2D eigenvalue weighted by Gasteiger charge is 2.35. The summed E-state index contributed by atoms with van der Waals surface area (Å²) < 4.78 is 10.7. The first kappa shape index (κ1) is 24.3. The Morgan fingerprint density at radius 2 is 1.84 bits per heavy atom. The van der Waals surface area contributed by atoms with E-state index in [0.29, 0.717) is 30.1 Å². The van der Waals surface area contributed by atoms with Gasteiger partial charge < -0.3 is 24.6 Å². The second kappa shape index (κ2) is 9.21. The number of likely N-dealkylation sites (N-methyl/N-ethyl adjacent to an activating group) is 1. The number of likely N-dealkylation sites (tertiary alicyclic amines) is 1. The molecule has 0 atom stereocenters. The van der Waals surface area contributed by atoms with Gasteiger partial charge in [0.05, 0.1) is 24.0 Å². The fourth-order valence-electron chi connectivity index (χ4n) is 4.59. The maximum absolute atomic E-state index is 13.2. The lowest BCUT2D eigenvalue weighted by atomic mass is 9.96. The van der Waals surface area contributed by atoms with Crippen LogP contribution in [0.5, 0.6) is 5.75 Å². The fourth-order valence-corrected chi connectivity index (χ4v) is 4.59. The Balaban J connectivity index is 1.33. The number of anilines is 1. The van der Waals surface area contributed by atoms with Gasteiger partial charge in [0.15, 0.2) is 6.61 Å². The van der Waals surface area contributed by atoms with E-state index in [-0.39, 0.29) is 42.5 Å². The van der Waals surface area contributed by atoms with Crippen molar-refractivity contribution < 1.29 is 28.7 Å². The Hall–Kier alpha value is -4.44. The number of benzene rings is 2. The Bertz CT molecular complexity index is 1380. The molecular weight excluding hydrogens is 476 g/mol. The van der Waals surface area contributed by atoms with Crippen LogP contribution in [0.4, 0.5) is 5.69 Å². The molecule has 0 radical (unpaired) electrons. The summed E-state index contributed by atoms with van der Waals surface area (Å²) >= 11 is 0. The van der Waals surface area contributed by atoms with Crippen molar-refractivity contribution in [2.24, 2.45) is 0 Å². The minimum Gasteiger partial charge on any atom is -0.482 e. The van der Waals surface area contributed by atoms with Crippen molar-refractivity contribution in [1.29, 1.82) is 0 Å². The Labute approximate surface area is 213 Å². The highest BCUT2D eigenvalue weighted by Crippen LogP contribution is 2.39. The molecular formula is C27H26N4O6. The van der Waals surface area contributed by atoms with E-state index in [9.17, 15) is 19.2 Å². The number of carbonyl (C=O) groups is 4. The summed E-state index contributed by atoms with van der Waals surface area (Å²) in [5, 5.41) is 2.46. The van der Waals surface area contributed by atoms with Gasteiger partial charge in [-0.1, -0.05) is 31.4 Å². The summed E-state index contributed by atoms with van der Waals surface area (Å²) in [5.41, 5.74) is 3.22.